The number of nitrogens with zero attached hydrogens (tertiary/aromatic N) is 1. The average Bonchev–Trinajstić information content (AvgIpc) is 2.68. The van der Waals surface area contributed by atoms with E-state index in [0.29, 0.717) is 6.04 Å². The highest BCUT2D eigenvalue weighted by atomic mass is 32.2. The number of rotatable bonds is 2. The third kappa shape index (κ3) is 2.92. The van der Waals surface area contributed by atoms with Crippen molar-refractivity contribution in [1.82, 2.24) is 5.32 Å². The Balaban J connectivity index is 1.87. The summed E-state index contributed by atoms with van der Waals surface area (Å²) >= 11 is 1.84. The Morgan fingerprint density at radius 3 is 3.00 bits per heavy atom. The number of aliphatic imine (C=N–C) groups is 1. The largest absolute Gasteiger partial charge is 0.373 e. The van der Waals surface area contributed by atoms with Crippen molar-refractivity contribution in [2.24, 2.45) is 10.9 Å². The fraction of sp³-hybridized carbons (Fsp3) is 0.917. The fourth-order valence-electron chi connectivity index (χ4n) is 2.03. The number of ether oxygens (including phenoxy) is 1. The molecule has 2 aliphatic heterocycles. The number of thioether (sulfide) groups is 1. The molecule has 3 atom stereocenters. The smallest absolute Gasteiger partial charge is 0.156 e. The minimum absolute atomic E-state index is 0.0124. The highest BCUT2D eigenvalue weighted by molar-refractivity contribution is 8.13. The van der Waals surface area contributed by atoms with Crippen molar-refractivity contribution >= 4 is 16.9 Å². The van der Waals surface area contributed by atoms with Crippen LogP contribution in [0, 0.1) is 5.92 Å². The van der Waals surface area contributed by atoms with Gasteiger partial charge in [0.05, 0.1) is 12.1 Å². The zero-order valence-corrected chi connectivity index (χ0v) is 11.3. The van der Waals surface area contributed by atoms with Gasteiger partial charge in [0, 0.05) is 18.4 Å². The van der Waals surface area contributed by atoms with Gasteiger partial charge in [0.1, 0.15) is 0 Å². The Hall–Kier alpha value is -0.220. The second kappa shape index (κ2) is 4.96. The zero-order chi connectivity index (χ0) is 11.6. The number of hydrogen-bond acceptors (Lipinski definition) is 3. The maximum absolute atomic E-state index is 5.74. The quantitative estimate of drug-likeness (QED) is 0.806. The Kier molecular flexibility index (Phi) is 3.80. The van der Waals surface area contributed by atoms with Crippen LogP contribution in [0.15, 0.2) is 4.99 Å². The van der Waals surface area contributed by atoms with Crippen LogP contribution in [0.4, 0.5) is 0 Å². The van der Waals surface area contributed by atoms with Crippen LogP contribution >= 0.6 is 11.8 Å². The molecular weight excluding hydrogens is 220 g/mol. The summed E-state index contributed by atoms with van der Waals surface area (Å²) in [5.41, 5.74) is -0.0124. The molecule has 2 heterocycles. The summed E-state index contributed by atoms with van der Waals surface area (Å²) in [6, 6.07) is 0.539. The van der Waals surface area contributed by atoms with Crippen molar-refractivity contribution in [1.29, 1.82) is 0 Å². The van der Waals surface area contributed by atoms with Crippen LogP contribution in [-0.4, -0.2) is 35.7 Å². The monoisotopic (exact) mass is 242 g/mol. The van der Waals surface area contributed by atoms with E-state index < -0.39 is 0 Å². The van der Waals surface area contributed by atoms with Crippen molar-refractivity contribution < 1.29 is 4.74 Å². The third-order valence-electron chi connectivity index (χ3n) is 3.55. The van der Waals surface area contributed by atoms with E-state index in [4.69, 9.17) is 4.74 Å². The highest BCUT2D eigenvalue weighted by Crippen LogP contribution is 2.26. The summed E-state index contributed by atoms with van der Waals surface area (Å²) in [7, 11) is 0. The van der Waals surface area contributed by atoms with Crippen molar-refractivity contribution in [3.8, 4) is 0 Å². The predicted molar refractivity (Wildman–Crippen MR) is 70.1 cm³/mol. The normalized spacial score (nSPS) is 42.3. The van der Waals surface area contributed by atoms with Gasteiger partial charge in [-0.3, -0.25) is 4.99 Å². The molecule has 0 bridgehead atoms. The molecule has 92 valence electrons. The SMILES string of the molecule is CC1CSC(=NCC2(C)CCCO2)NC1C. The first-order chi connectivity index (χ1) is 7.59. The summed E-state index contributed by atoms with van der Waals surface area (Å²) < 4.78 is 5.74. The minimum atomic E-state index is -0.0124. The molecule has 2 aliphatic rings. The second-order valence-electron chi connectivity index (χ2n) is 5.24. The molecule has 0 aliphatic carbocycles. The molecule has 0 aromatic rings. The Morgan fingerprint density at radius 1 is 1.56 bits per heavy atom. The number of amidine groups is 1. The van der Waals surface area contributed by atoms with Crippen molar-refractivity contribution in [2.45, 2.75) is 45.3 Å². The molecule has 0 saturated carbocycles. The lowest BCUT2D eigenvalue weighted by molar-refractivity contribution is 0.0284. The van der Waals surface area contributed by atoms with Gasteiger partial charge in [-0.15, -0.1) is 0 Å². The number of hydrogen-bond donors (Lipinski definition) is 1. The molecule has 2 fully saturated rings. The van der Waals surface area contributed by atoms with Gasteiger partial charge in [-0.2, -0.15) is 0 Å². The summed E-state index contributed by atoms with van der Waals surface area (Å²) in [6.45, 7) is 8.37. The summed E-state index contributed by atoms with van der Waals surface area (Å²) in [5, 5.41) is 4.56. The molecule has 0 amide bonds. The van der Waals surface area contributed by atoms with Gasteiger partial charge >= 0.3 is 0 Å². The fourth-order valence-corrected chi connectivity index (χ4v) is 3.16. The average molecular weight is 242 g/mol. The molecule has 3 unspecified atom stereocenters. The molecule has 1 N–H and O–H groups in total. The summed E-state index contributed by atoms with van der Waals surface area (Å²) in [6.07, 6.45) is 2.32. The Morgan fingerprint density at radius 2 is 2.38 bits per heavy atom. The van der Waals surface area contributed by atoms with Gasteiger partial charge in [0.2, 0.25) is 0 Å². The van der Waals surface area contributed by atoms with Crippen molar-refractivity contribution in [2.75, 3.05) is 18.9 Å². The second-order valence-corrected chi connectivity index (χ2v) is 6.25. The molecule has 0 aromatic heterocycles. The van der Waals surface area contributed by atoms with Gasteiger partial charge in [0.25, 0.3) is 0 Å². The molecule has 16 heavy (non-hydrogen) atoms. The highest BCUT2D eigenvalue weighted by Gasteiger charge is 2.30. The maximum atomic E-state index is 5.74. The van der Waals surface area contributed by atoms with E-state index in [1.54, 1.807) is 0 Å². The molecule has 2 rings (SSSR count). The van der Waals surface area contributed by atoms with E-state index in [0.717, 1.165) is 30.7 Å². The van der Waals surface area contributed by atoms with Crippen LogP contribution < -0.4 is 5.32 Å². The van der Waals surface area contributed by atoms with Crippen LogP contribution in [-0.2, 0) is 4.74 Å². The minimum Gasteiger partial charge on any atom is -0.373 e. The molecule has 0 spiro atoms. The van der Waals surface area contributed by atoms with E-state index in [1.807, 2.05) is 11.8 Å². The molecule has 3 nitrogen and oxygen atoms in total. The molecular formula is C12H22N2OS. The zero-order valence-electron chi connectivity index (χ0n) is 10.5. The van der Waals surface area contributed by atoms with E-state index in [9.17, 15) is 0 Å². The van der Waals surface area contributed by atoms with E-state index in [-0.39, 0.29) is 5.60 Å². The van der Waals surface area contributed by atoms with Gasteiger partial charge < -0.3 is 10.1 Å². The van der Waals surface area contributed by atoms with Gasteiger partial charge in [-0.25, -0.2) is 0 Å². The first-order valence-electron chi connectivity index (χ1n) is 6.17. The maximum Gasteiger partial charge on any atom is 0.156 e. The van der Waals surface area contributed by atoms with Crippen LogP contribution in [0.1, 0.15) is 33.6 Å². The first-order valence-corrected chi connectivity index (χ1v) is 7.15. The topological polar surface area (TPSA) is 33.6 Å². The predicted octanol–water partition coefficient (Wildman–Crippen LogP) is 2.27. The van der Waals surface area contributed by atoms with Crippen molar-refractivity contribution in [3.63, 3.8) is 0 Å². The van der Waals surface area contributed by atoms with Crippen LogP contribution in [0.3, 0.4) is 0 Å². The van der Waals surface area contributed by atoms with Crippen LogP contribution in [0.25, 0.3) is 0 Å². The first kappa shape index (κ1) is 12.2. The Labute approximate surface area is 102 Å². The van der Waals surface area contributed by atoms with E-state index >= 15 is 0 Å². The van der Waals surface area contributed by atoms with Gasteiger partial charge in [0.15, 0.2) is 5.17 Å². The third-order valence-corrected chi connectivity index (χ3v) is 4.76. The molecule has 0 aromatic carbocycles. The van der Waals surface area contributed by atoms with Gasteiger partial charge in [-0.1, -0.05) is 18.7 Å². The molecule has 2 saturated heterocycles. The van der Waals surface area contributed by atoms with Gasteiger partial charge in [-0.05, 0) is 32.6 Å². The lowest BCUT2D eigenvalue weighted by atomic mass is 10.0. The lowest BCUT2D eigenvalue weighted by Gasteiger charge is -2.29. The van der Waals surface area contributed by atoms with E-state index in [2.05, 4.69) is 31.1 Å². The van der Waals surface area contributed by atoms with E-state index in [1.165, 1.54) is 12.2 Å². The Bertz CT molecular complexity index is 274. The van der Waals surface area contributed by atoms with Crippen molar-refractivity contribution in [3.05, 3.63) is 0 Å². The lowest BCUT2D eigenvalue weighted by Crippen LogP contribution is -2.42. The summed E-state index contributed by atoms with van der Waals surface area (Å²) in [5.74, 6) is 1.90. The van der Waals surface area contributed by atoms with Crippen LogP contribution in [0.5, 0.6) is 0 Å². The molecule has 0 radical (unpaired) electrons. The van der Waals surface area contributed by atoms with Crippen LogP contribution in [0.2, 0.25) is 0 Å². The number of nitrogens with one attached hydrogen (secondary N) is 1. The standard InChI is InChI=1S/C12H22N2OS/c1-9-7-16-11(14-10(9)2)13-8-12(3)5-4-6-15-12/h9-10H,4-8H2,1-3H3,(H,13,14). The molecule has 4 heteroatoms. The summed E-state index contributed by atoms with van der Waals surface area (Å²) in [4.78, 5) is 4.67.